The Morgan fingerprint density at radius 2 is 1.79 bits per heavy atom. The number of carbonyl (C=O) groups excluding carboxylic acids is 2. The highest BCUT2D eigenvalue weighted by atomic mass is 35.5. The van der Waals surface area contributed by atoms with Crippen LogP contribution in [0.3, 0.4) is 0 Å². The molecule has 0 spiro atoms. The summed E-state index contributed by atoms with van der Waals surface area (Å²) in [5.74, 6) is -0.662. The molecule has 1 unspecified atom stereocenters. The summed E-state index contributed by atoms with van der Waals surface area (Å²) in [6.07, 6.45) is 1.54. The van der Waals surface area contributed by atoms with E-state index in [0.29, 0.717) is 16.3 Å². The van der Waals surface area contributed by atoms with Crippen LogP contribution in [0.5, 0.6) is 5.75 Å². The van der Waals surface area contributed by atoms with Crippen LogP contribution in [0.1, 0.15) is 28.5 Å². The molecule has 0 aliphatic rings. The van der Waals surface area contributed by atoms with Crippen LogP contribution in [0.2, 0.25) is 5.02 Å². The number of hydrogen-bond acceptors (Lipinski definition) is 5. The lowest BCUT2D eigenvalue weighted by atomic mass is 10.0. The average Bonchev–Trinajstić information content (AvgIpc) is 3.19. The van der Waals surface area contributed by atoms with Gasteiger partial charge in [0.25, 0.3) is 5.91 Å². The van der Waals surface area contributed by atoms with Gasteiger partial charge < -0.3 is 14.8 Å². The molecule has 0 saturated carbocycles. The van der Waals surface area contributed by atoms with E-state index in [1.165, 1.54) is 14.2 Å². The van der Waals surface area contributed by atoms with Crippen LogP contribution in [0.25, 0.3) is 5.69 Å². The molecule has 0 saturated heterocycles. The molecule has 0 aliphatic heterocycles. The zero-order valence-corrected chi connectivity index (χ0v) is 16.7. The summed E-state index contributed by atoms with van der Waals surface area (Å²) in [4.78, 5) is 24.8. The Bertz CT molecular complexity index is 1000. The van der Waals surface area contributed by atoms with Crippen molar-refractivity contribution >= 4 is 23.5 Å². The van der Waals surface area contributed by atoms with Gasteiger partial charge in [-0.25, -0.2) is 4.68 Å². The maximum absolute atomic E-state index is 13.0. The smallest absolute Gasteiger partial charge is 0.307 e. The van der Waals surface area contributed by atoms with Crippen molar-refractivity contribution in [2.45, 2.75) is 12.5 Å². The van der Waals surface area contributed by atoms with E-state index in [1.807, 2.05) is 30.3 Å². The van der Waals surface area contributed by atoms with Crippen molar-refractivity contribution in [1.82, 2.24) is 15.1 Å². The molecule has 3 aromatic rings. The van der Waals surface area contributed by atoms with E-state index < -0.39 is 17.9 Å². The molecule has 1 amide bonds. The highest BCUT2D eigenvalue weighted by Gasteiger charge is 2.25. The number of halogens is 1. The molecule has 150 valence electrons. The molecular weight excluding hydrogens is 394 g/mol. The lowest BCUT2D eigenvalue weighted by Crippen LogP contribution is -2.31. The SMILES string of the molecule is COC(=O)CC(NC(=O)c1nn(-c2ccccc2)cc1OC)c1ccccc1Cl. The van der Waals surface area contributed by atoms with Crippen LogP contribution in [-0.2, 0) is 9.53 Å². The van der Waals surface area contributed by atoms with E-state index in [4.69, 9.17) is 21.1 Å². The van der Waals surface area contributed by atoms with Gasteiger partial charge in [0.1, 0.15) is 0 Å². The first kappa shape index (κ1) is 20.4. The van der Waals surface area contributed by atoms with Crippen molar-refractivity contribution in [3.8, 4) is 11.4 Å². The second-order valence-electron chi connectivity index (χ2n) is 6.15. The summed E-state index contributed by atoms with van der Waals surface area (Å²) in [5.41, 5.74) is 1.48. The molecule has 0 radical (unpaired) electrons. The molecule has 0 aliphatic carbocycles. The van der Waals surface area contributed by atoms with E-state index in [1.54, 1.807) is 35.1 Å². The van der Waals surface area contributed by atoms with E-state index in [-0.39, 0.29) is 12.1 Å². The lowest BCUT2D eigenvalue weighted by Gasteiger charge is -2.19. The minimum atomic E-state index is -0.685. The molecule has 1 heterocycles. The Morgan fingerprint density at radius 3 is 2.45 bits per heavy atom. The van der Waals surface area contributed by atoms with Crippen molar-refractivity contribution in [2.75, 3.05) is 14.2 Å². The van der Waals surface area contributed by atoms with Gasteiger partial charge in [0, 0.05) is 5.02 Å². The van der Waals surface area contributed by atoms with Crippen molar-refractivity contribution in [1.29, 1.82) is 0 Å². The Morgan fingerprint density at radius 1 is 1.10 bits per heavy atom. The van der Waals surface area contributed by atoms with E-state index in [9.17, 15) is 9.59 Å². The zero-order valence-electron chi connectivity index (χ0n) is 16.0. The number of nitrogens with zero attached hydrogens (tertiary/aromatic N) is 2. The predicted molar refractivity (Wildman–Crippen MR) is 108 cm³/mol. The standard InChI is InChI=1S/C21H20ClN3O4/c1-28-18-13-25(14-8-4-3-5-9-14)24-20(18)21(27)23-17(12-19(26)29-2)15-10-6-7-11-16(15)22/h3-11,13,17H,12H2,1-2H3,(H,23,27). The minimum Gasteiger partial charge on any atom is -0.493 e. The summed E-state index contributed by atoms with van der Waals surface area (Å²) >= 11 is 6.27. The fourth-order valence-electron chi connectivity index (χ4n) is 2.85. The van der Waals surface area contributed by atoms with Crippen LogP contribution < -0.4 is 10.1 Å². The quantitative estimate of drug-likeness (QED) is 0.599. The average molecular weight is 414 g/mol. The number of para-hydroxylation sites is 1. The molecule has 0 fully saturated rings. The number of hydrogen-bond donors (Lipinski definition) is 1. The monoisotopic (exact) mass is 413 g/mol. The molecule has 29 heavy (non-hydrogen) atoms. The van der Waals surface area contributed by atoms with E-state index >= 15 is 0 Å². The third-order valence-corrected chi connectivity index (χ3v) is 4.67. The second kappa shape index (κ2) is 9.25. The third kappa shape index (κ3) is 4.75. The topological polar surface area (TPSA) is 82.5 Å². The molecule has 0 bridgehead atoms. The van der Waals surface area contributed by atoms with Gasteiger partial charge in [-0.15, -0.1) is 0 Å². The normalized spacial score (nSPS) is 11.6. The first-order chi connectivity index (χ1) is 14.0. The maximum Gasteiger partial charge on any atom is 0.307 e. The number of aromatic nitrogens is 2. The van der Waals surface area contributed by atoms with E-state index in [2.05, 4.69) is 10.4 Å². The Kier molecular flexibility index (Phi) is 6.51. The lowest BCUT2D eigenvalue weighted by molar-refractivity contribution is -0.141. The van der Waals surface area contributed by atoms with Crippen LogP contribution in [0, 0.1) is 0 Å². The molecule has 1 atom stereocenters. The predicted octanol–water partition coefficient (Wildman–Crippen LogP) is 3.57. The molecule has 7 nitrogen and oxygen atoms in total. The highest BCUT2D eigenvalue weighted by molar-refractivity contribution is 6.31. The van der Waals surface area contributed by atoms with Gasteiger partial charge in [-0.2, -0.15) is 5.10 Å². The molecular formula is C21H20ClN3O4. The van der Waals surface area contributed by atoms with Gasteiger partial charge >= 0.3 is 5.97 Å². The Labute approximate surface area is 173 Å². The van der Waals surface area contributed by atoms with Gasteiger partial charge in [-0.05, 0) is 23.8 Å². The van der Waals surface area contributed by atoms with Crippen molar-refractivity contribution in [3.05, 3.63) is 77.1 Å². The highest BCUT2D eigenvalue weighted by Crippen LogP contribution is 2.27. The number of esters is 1. The number of rotatable bonds is 7. The largest absolute Gasteiger partial charge is 0.493 e. The summed E-state index contributed by atoms with van der Waals surface area (Å²) < 4.78 is 11.6. The number of benzene rings is 2. The van der Waals surface area contributed by atoms with Gasteiger partial charge in [0.05, 0.1) is 38.6 Å². The number of amides is 1. The molecule has 8 heteroatoms. The Hall–Kier alpha value is -3.32. The van der Waals surface area contributed by atoms with Crippen LogP contribution in [0.4, 0.5) is 0 Å². The Balaban J connectivity index is 1.90. The van der Waals surface area contributed by atoms with Gasteiger partial charge in [0.2, 0.25) is 0 Å². The number of ether oxygens (including phenoxy) is 2. The molecule has 2 aromatic carbocycles. The van der Waals surface area contributed by atoms with Gasteiger partial charge in [-0.3, -0.25) is 9.59 Å². The van der Waals surface area contributed by atoms with E-state index in [0.717, 1.165) is 5.69 Å². The fraction of sp³-hybridized carbons (Fsp3) is 0.190. The number of carbonyl (C=O) groups is 2. The van der Waals surface area contributed by atoms with Gasteiger partial charge in [-0.1, -0.05) is 48.0 Å². The first-order valence-corrected chi connectivity index (χ1v) is 9.22. The third-order valence-electron chi connectivity index (χ3n) is 4.32. The molecule has 1 aromatic heterocycles. The summed E-state index contributed by atoms with van der Waals surface area (Å²) in [6, 6.07) is 15.6. The first-order valence-electron chi connectivity index (χ1n) is 8.84. The molecule has 1 N–H and O–H groups in total. The summed E-state index contributed by atoms with van der Waals surface area (Å²) in [7, 11) is 2.75. The van der Waals surface area contributed by atoms with Crippen LogP contribution in [0.15, 0.2) is 60.8 Å². The van der Waals surface area contributed by atoms with Crippen molar-refractivity contribution in [3.63, 3.8) is 0 Å². The molecule has 3 rings (SSSR count). The maximum atomic E-state index is 13.0. The number of methoxy groups -OCH3 is 2. The fourth-order valence-corrected chi connectivity index (χ4v) is 3.12. The van der Waals surface area contributed by atoms with Gasteiger partial charge in [0.15, 0.2) is 11.4 Å². The van der Waals surface area contributed by atoms with Crippen molar-refractivity contribution in [2.24, 2.45) is 0 Å². The summed E-state index contributed by atoms with van der Waals surface area (Å²) in [5, 5.41) is 7.60. The van der Waals surface area contributed by atoms with Crippen molar-refractivity contribution < 1.29 is 19.1 Å². The van der Waals surface area contributed by atoms with Crippen LogP contribution >= 0.6 is 11.6 Å². The number of nitrogens with one attached hydrogen (secondary N) is 1. The second-order valence-corrected chi connectivity index (χ2v) is 6.56. The van der Waals surface area contributed by atoms with Crippen LogP contribution in [-0.4, -0.2) is 35.9 Å². The minimum absolute atomic E-state index is 0.0757. The summed E-state index contributed by atoms with van der Waals surface area (Å²) in [6.45, 7) is 0. The zero-order chi connectivity index (χ0) is 20.8.